The molecule has 0 aromatic carbocycles. The molecular formula is C15H18ClN5O5. The third-order valence-corrected chi connectivity index (χ3v) is 4.54. The van der Waals surface area contributed by atoms with E-state index in [4.69, 9.17) is 30.5 Å². The number of methoxy groups -OCH3 is 1. The van der Waals surface area contributed by atoms with E-state index in [0.717, 1.165) is 0 Å². The molecular weight excluding hydrogens is 366 g/mol. The van der Waals surface area contributed by atoms with E-state index < -0.39 is 30.3 Å². The number of amides is 1. The first kappa shape index (κ1) is 17.6. The van der Waals surface area contributed by atoms with E-state index in [1.807, 2.05) is 0 Å². The van der Waals surface area contributed by atoms with E-state index >= 15 is 0 Å². The number of carbonyl (C=O) groups excluding carboxylic acids is 1. The van der Waals surface area contributed by atoms with Gasteiger partial charge in [0.15, 0.2) is 28.9 Å². The van der Waals surface area contributed by atoms with Gasteiger partial charge in [-0.15, -0.1) is 0 Å². The lowest BCUT2D eigenvalue weighted by Crippen LogP contribution is -2.43. The molecule has 1 amide bonds. The molecule has 2 aliphatic heterocycles. The summed E-state index contributed by atoms with van der Waals surface area (Å²) < 4.78 is 24.4. The van der Waals surface area contributed by atoms with E-state index in [-0.39, 0.29) is 17.8 Å². The average molecular weight is 384 g/mol. The minimum absolute atomic E-state index is 0.0713. The Labute approximate surface area is 153 Å². The van der Waals surface area contributed by atoms with Crippen LogP contribution in [0, 0.1) is 0 Å². The van der Waals surface area contributed by atoms with Gasteiger partial charge >= 0.3 is 0 Å². The zero-order valence-corrected chi connectivity index (χ0v) is 15.1. The summed E-state index contributed by atoms with van der Waals surface area (Å²) in [7, 11) is 1.49. The summed E-state index contributed by atoms with van der Waals surface area (Å²) >= 11 is 6.07. The van der Waals surface area contributed by atoms with Gasteiger partial charge in [-0.2, -0.15) is 0 Å². The van der Waals surface area contributed by atoms with Crippen LogP contribution in [0.5, 0.6) is 0 Å². The third-order valence-electron chi connectivity index (χ3n) is 4.27. The van der Waals surface area contributed by atoms with Crippen molar-refractivity contribution in [2.45, 2.75) is 44.2 Å². The Morgan fingerprint density at radius 2 is 2.12 bits per heavy atom. The lowest BCUT2D eigenvalue weighted by atomic mass is 10.1. The number of hydrogen-bond acceptors (Lipinski definition) is 8. The topological polar surface area (TPSA) is 110 Å². The van der Waals surface area contributed by atoms with Crippen LogP contribution in [0.3, 0.4) is 0 Å². The maximum absolute atomic E-state index is 12.5. The van der Waals surface area contributed by atoms with Crippen molar-refractivity contribution < 1.29 is 23.7 Å². The second kappa shape index (κ2) is 6.39. The summed E-state index contributed by atoms with van der Waals surface area (Å²) in [6.45, 7) is 3.65. The van der Waals surface area contributed by atoms with Gasteiger partial charge in [-0.3, -0.25) is 9.36 Å². The Morgan fingerprint density at radius 1 is 1.35 bits per heavy atom. The Hall–Kier alpha value is -1.85. The maximum Gasteiger partial charge on any atom is 0.253 e. The number of nitrogens with one attached hydrogen (secondary N) is 1. The van der Waals surface area contributed by atoms with Crippen LogP contribution in [-0.4, -0.2) is 63.4 Å². The molecule has 2 fully saturated rings. The molecule has 2 saturated heterocycles. The summed E-state index contributed by atoms with van der Waals surface area (Å²) in [6, 6.07) is 0. The number of carbonyl (C=O) groups is 1. The summed E-state index contributed by atoms with van der Waals surface area (Å²) in [5.41, 5.74) is 0.930. The third kappa shape index (κ3) is 2.83. The Kier molecular flexibility index (Phi) is 4.32. The van der Waals surface area contributed by atoms with Gasteiger partial charge in [0.2, 0.25) is 0 Å². The fraction of sp³-hybridized carbons (Fsp3) is 0.600. The number of fused-ring (bicyclic) bond motifs is 2. The van der Waals surface area contributed by atoms with Crippen molar-refractivity contribution >= 4 is 28.7 Å². The molecule has 26 heavy (non-hydrogen) atoms. The number of halogens is 1. The van der Waals surface area contributed by atoms with Gasteiger partial charge in [0.05, 0.1) is 6.33 Å². The predicted molar refractivity (Wildman–Crippen MR) is 88.1 cm³/mol. The van der Waals surface area contributed by atoms with E-state index in [1.54, 1.807) is 18.4 Å². The second-order valence-electron chi connectivity index (χ2n) is 6.47. The van der Waals surface area contributed by atoms with Crippen molar-refractivity contribution in [3.8, 4) is 0 Å². The summed E-state index contributed by atoms with van der Waals surface area (Å²) in [5, 5.41) is 2.87. The zero-order valence-electron chi connectivity index (χ0n) is 14.4. The quantitative estimate of drug-likeness (QED) is 0.604. The second-order valence-corrected chi connectivity index (χ2v) is 6.83. The summed E-state index contributed by atoms with van der Waals surface area (Å²) in [5.74, 6) is -1.19. The van der Waals surface area contributed by atoms with Crippen molar-refractivity contribution in [2.24, 2.45) is 0 Å². The van der Waals surface area contributed by atoms with Crippen LogP contribution in [0.15, 0.2) is 12.7 Å². The first-order valence-electron chi connectivity index (χ1n) is 8.02. The maximum atomic E-state index is 12.5. The van der Waals surface area contributed by atoms with E-state index in [1.165, 1.54) is 19.8 Å². The molecule has 4 atom stereocenters. The Morgan fingerprint density at radius 3 is 2.88 bits per heavy atom. The monoisotopic (exact) mass is 383 g/mol. The van der Waals surface area contributed by atoms with Gasteiger partial charge in [0.1, 0.15) is 30.8 Å². The predicted octanol–water partition coefficient (Wildman–Crippen LogP) is 0.617. The van der Waals surface area contributed by atoms with Crippen LogP contribution in [0.2, 0.25) is 5.15 Å². The SMILES string of the molecule is COCNC(=O)C1O[C@@H](n2cnc3c(Cl)ncnc32)[C@@H]2OC(C)(C)OC12. The molecule has 140 valence electrons. The van der Waals surface area contributed by atoms with Gasteiger partial charge < -0.3 is 24.3 Å². The minimum Gasteiger partial charge on any atom is -0.364 e. The Bertz CT molecular complexity index is 843. The molecule has 4 rings (SSSR count). The van der Waals surface area contributed by atoms with Crippen molar-refractivity contribution in [1.82, 2.24) is 24.8 Å². The fourth-order valence-corrected chi connectivity index (χ4v) is 3.44. The van der Waals surface area contributed by atoms with Crippen molar-refractivity contribution in [1.29, 1.82) is 0 Å². The fourth-order valence-electron chi connectivity index (χ4n) is 3.27. The zero-order chi connectivity index (χ0) is 18.5. The number of rotatable bonds is 4. The summed E-state index contributed by atoms with van der Waals surface area (Å²) in [4.78, 5) is 24.9. The van der Waals surface area contributed by atoms with Crippen molar-refractivity contribution in [3.05, 3.63) is 17.8 Å². The molecule has 11 heteroatoms. The van der Waals surface area contributed by atoms with Gasteiger partial charge in [0, 0.05) is 7.11 Å². The molecule has 2 aliphatic rings. The standard InChI is InChI=1S/C15H18ClN5O5/c1-15(2)25-8-9(13(22)20-6-23-3)24-14(10(8)26-15)21-5-19-7-11(16)17-4-18-12(7)21/h4-5,8-10,14H,6H2,1-3H3,(H,20,22)/t8?,9?,10-,14-/m1/s1. The lowest BCUT2D eigenvalue weighted by molar-refractivity contribution is -0.197. The number of hydrogen-bond donors (Lipinski definition) is 1. The molecule has 10 nitrogen and oxygen atoms in total. The highest BCUT2D eigenvalue weighted by Gasteiger charge is 2.58. The molecule has 4 heterocycles. The molecule has 2 aromatic rings. The van der Waals surface area contributed by atoms with E-state index in [9.17, 15) is 4.79 Å². The molecule has 1 N–H and O–H groups in total. The van der Waals surface area contributed by atoms with Crippen LogP contribution in [0.1, 0.15) is 20.1 Å². The van der Waals surface area contributed by atoms with Crippen LogP contribution in [0.4, 0.5) is 0 Å². The van der Waals surface area contributed by atoms with Crippen molar-refractivity contribution in [2.75, 3.05) is 13.8 Å². The van der Waals surface area contributed by atoms with Gasteiger partial charge in [-0.1, -0.05) is 11.6 Å². The highest BCUT2D eigenvalue weighted by Crippen LogP contribution is 2.43. The molecule has 0 bridgehead atoms. The van der Waals surface area contributed by atoms with Gasteiger partial charge in [0.25, 0.3) is 5.91 Å². The molecule has 2 aromatic heterocycles. The van der Waals surface area contributed by atoms with E-state index in [0.29, 0.717) is 11.2 Å². The number of ether oxygens (including phenoxy) is 4. The van der Waals surface area contributed by atoms with Crippen LogP contribution in [0.25, 0.3) is 11.2 Å². The molecule has 0 radical (unpaired) electrons. The first-order valence-corrected chi connectivity index (χ1v) is 8.40. The largest absolute Gasteiger partial charge is 0.364 e. The number of aromatic nitrogens is 4. The van der Waals surface area contributed by atoms with Gasteiger partial charge in [-0.05, 0) is 13.8 Å². The Balaban J connectivity index is 1.69. The highest BCUT2D eigenvalue weighted by molar-refractivity contribution is 6.33. The van der Waals surface area contributed by atoms with Gasteiger partial charge in [-0.25, -0.2) is 15.0 Å². The van der Waals surface area contributed by atoms with E-state index in [2.05, 4.69) is 20.3 Å². The first-order chi connectivity index (χ1) is 12.4. The minimum atomic E-state index is -0.864. The van der Waals surface area contributed by atoms with Crippen LogP contribution < -0.4 is 5.32 Å². The highest BCUT2D eigenvalue weighted by atomic mass is 35.5. The summed E-state index contributed by atoms with van der Waals surface area (Å²) in [6.07, 6.45) is 0.259. The molecule has 0 spiro atoms. The average Bonchev–Trinajstić information content (AvgIpc) is 3.24. The van der Waals surface area contributed by atoms with Crippen LogP contribution >= 0.6 is 11.6 Å². The molecule has 0 aliphatic carbocycles. The number of imidazole rings is 1. The molecule has 2 unspecified atom stereocenters. The normalized spacial score (nSPS) is 29.8. The number of nitrogens with zero attached hydrogens (tertiary/aromatic N) is 4. The van der Waals surface area contributed by atoms with Crippen LogP contribution in [-0.2, 0) is 23.7 Å². The molecule has 0 saturated carbocycles. The lowest BCUT2D eigenvalue weighted by Gasteiger charge is -2.24. The smallest absolute Gasteiger partial charge is 0.253 e. The van der Waals surface area contributed by atoms with Crippen molar-refractivity contribution in [3.63, 3.8) is 0 Å².